The van der Waals surface area contributed by atoms with Gasteiger partial charge in [0.1, 0.15) is 0 Å². The molecule has 0 spiro atoms. The number of amides is 1. The highest BCUT2D eigenvalue weighted by Crippen LogP contribution is 2.15. The van der Waals surface area contributed by atoms with Crippen LogP contribution in [0.5, 0.6) is 0 Å². The Kier molecular flexibility index (Phi) is 5.09. The van der Waals surface area contributed by atoms with Crippen molar-refractivity contribution in [3.05, 3.63) is 36.3 Å². The molecule has 5 heteroatoms. The minimum absolute atomic E-state index is 0.104. The van der Waals surface area contributed by atoms with E-state index in [4.69, 9.17) is 0 Å². The van der Waals surface area contributed by atoms with Crippen LogP contribution < -0.4 is 5.32 Å². The van der Waals surface area contributed by atoms with Gasteiger partial charge in [-0.2, -0.15) is 5.10 Å². The van der Waals surface area contributed by atoms with Gasteiger partial charge in [0, 0.05) is 37.5 Å². The molecular weight excluding hydrogens is 264 g/mol. The number of nitrogens with zero attached hydrogens (tertiary/aromatic N) is 3. The Hall–Kier alpha value is -2.17. The van der Waals surface area contributed by atoms with Gasteiger partial charge in [0.05, 0.1) is 11.9 Å². The van der Waals surface area contributed by atoms with Crippen molar-refractivity contribution in [2.24, 2.45) is 13.0 Å². The highest BCUT2D eigenvalue weighted by Gasteiger charge is 2.13. The summed E-state index contributed by atoms with van der Waals surface area (Å²) in [5, 5.41) is 7.10. The number of hydrogen-bond acceptors (Lipinski definition) is 3. The van der Waals surface area contributed by atoms with E-state index >= 15 is 0 Å². The Balaban J connectivity index is 1.95. The van der Waals surface area contributed by atoms with Crippen LogP contribution in [0.15, 0.2) is 30.7 Å². The average molecular weight is 286 g/mol. The standard InChI is InChI=1S/C16H22N4O/c1-4-13(5-2)16(21)18-9-12-6-7-15(17-8-12)14-10-19-20(3)11-14/h6-8,10-11,13H,4-5,9H2,1-3H3,(H,18,21). The van der Waals surface area contributed by atoms with E-state index in [1.54, 1.807) is 17.1 Å². The van der Waals surface area contributed by atoms with Crippen LogP contribution in [0.3, 0.4) is 0 Å². The van der Waals surface area contributed by atoms with Gasteiger partial charge in [-0.25, -0.2) is 0 Å². The third-order valence-corrected chi connectivity index (χ3v) is 3.65. The van der Waals surface area contributed by atoms with E-state index in [0.29, 0.717) is 6.54 Å². The first-order chi connectivity index (χ1) is 10.1. The van der Waals surface area contributed by atoms with Gasteiger partial charge < -0.3 is 5.32 Å². The molecule has 0 saturated heterocycles. The highest BCUT2D eigenvalue weighted by atomic mass is 16.1. The fourth-order valence-corrected chi connectivity index (χ4v) is 2.25. The molecule has 0 aromatic carbocycles. The van der Waals surface area contributed by atoms with Crippen molar-refractivity contribution < 1.29 is 4.79 Å². The monoisotopic (exact) mass is 286 g/mol. The SMILES string of the molecule is CCC(CC)C(=O)NCc1ccc(-c2cnn(C)c2)nc1. The van der Waals surface area contributed by atoms with E-state index in [9.17, 15) is 4.79 Å². The molecule has 112 valence electrons. The van der Waals surface area contributed by atoms with E-state index in [1.165, 1.54) is 0 Å². The summed E-state index contributed by atoms with van der Waals surface area (Å²) in [6.07, 6.45) is 7.27. The molecule has 0 radical (unpaired) electrons. The lowest BCUT2D eigenvalue weighted by Crippen LogP contribution is -2.29. The van der Waals surface area contributed by atoms with Gasteiger partial charge in [-0.3, -0.25) is 14.5 Å². The maximum atomic E-state index is 11.9. The molecule has 2 rings (SSSR count). The Bertz CT molecular complexity index is 585. The maximum Gasteiger partial charge on any atom is 0.223 e. The molecule has 0 aliphatic rings. The topological polar surface area (TPSA) is 59.8 Å². The summed E-state index contributed by atoms with van der Waals surface area (Å²) in [7, 11) is 1.88. The van der Waals surface area contributed by atoms with Crippen molar-refractivity contribution in [1.82, 2.24) is 20.1 Å². The number of pyridine rings is 1. The summed E-state index contributed by atoms with van der Waals surface area (Å²) < 4.78 is 1.75. The molecule has 0 fully saturated rings. The largest absolute Gasteiger partial charge is 0.352 e. The third-order valence-electron chi connectivity index (χ3n) is 3.65. The number of aromatic nitrogens is 3. The number of carbonyl (C=O) groups is 1. The second kappa shape index (κ2) is 7.02. The number of nitrogens with one attached hydrogen (secondary N) is 1. The lowest BCUT2D eigenvalue weighted by molar-refractivity contribution is -0.125. The second-order valence-corrected chi connectivity index (χ2v) is 5.19. The van der Waals surface area contributed by atoms with Crippen LogP contribution in [0.1, 0.15) is 32.3 Å². The van der Waals surface area contributed by atoms with Gasteiger partial charge >= 0.3 is 0 Å². The van der Waals surface area contributed by atoms with E-state index in [2.05, 4.69) is 15.4 Å². The van der Waals surface area contributed by atoms with Crippen LogP contribution in [-0.2, 0) is 18.4 Å². The zero-order valence-corrected chi connectivity index (χ0v) is 12.8. The molecule has 2 heterocycles. The van der Waals surface area contributed by atoms with Gasteiger partial charge in [0.2, 0.25) is 5.91 Å². The molecule has 1 amide bonds. The molecule has 5 nitrogen and oxygen atoms in total. The predicted octanol–water partition coefficient (Wildman–Crippen LogP) is 2.53. The Labute approximate surface area is 125 Å². The Morgan fingerprint density at radius 2 is 2.05 bits per heavy atom. The molecule has 0 bridgehead atoms. The zero-order valence-electron chi connectivity index (χ0n) is 12.8. The predicted molar refractivity (Wildman–Crippen MR) is 82.4 cm³/mol. The molecule has 0 atom stereocenters. The van der Waals surface area contributed by atoms with Crippen molar-refractivity contribution in [3.8, 4) is 11.3 Å². The maximum absolute atomic E-state index is 11.9. The summed E-state index contributed by atoms with van der Waals surface area (Å²) in [6, 6.07) is 3.94. The fraction of sp³-hybridized carbons (Fsp3) is 0.438. The van der Waals surface area contributed by atoms with Crippen LogP contribution in [0, 0.1) is 5.92 Å². The number of carbonyl (C=O) groups excluding carboxylic acids is 1. The van der Waals surface area contributed by atoms with Gasteiger partial charge in [-0.15, -0.1) is 0 Å². The van der Waals surface area contributed by atoms with Gasteiger partial charge in [0.25, 0.3) is 0 Å². The quantitative estimate of drug-likeness (QED) is 0.887. The number of hydrogen-bond donors (Lipinski definition) is 1. The van der Waals surface area contributed by atoms with Crippen LogP contribution in [0.2, 0.25) is 0 Å². The summed E-state index contributed by atoms with van der Waals surface area (Å²) in [6.45, 7) is 4.60. The van der Waals surface area contributed by atoms with Gasteiger partial charge in [0.15, 0.2) is 0 Å². The van der Waals surface area contributed by atoms with Crippen molar-refractivity contribution in [2.45, 2.75) is 33.2 Å². The number of aryl methyl sites for hydroxylation is 1. The molecule has 2 aromatic heterocycles. The normalized spacial score (nSPS) is 10.9. The summed E-state index contributed by atoms with van der Waals surface area (Å²) in [5.74, 6) is 0.226. The summed E-state index contributed by atoms with van der Waals surface area (Å²) >= 11 is 0. The third kappa shape index (κ3) is 3.90. The van der Waals surface area contributed by atoms with E-state index < -0.39 is 0 Å². The van der Waals surface area contributed by atoms with Crippen LogP contribution in [0.4, 0.5) is 0 Å². The van der Waals surface area contributed by atoms with Crippen molar-refractivity contribution in [1.29, 1.82) is 0 Å². The van der Waals surface area contributed by atoms with Crippen LogP contribution >= 0.6 is 0 Å². The van der Waals surface area contributed by atoms with Gasteiger partial charge in [-0.05, 0) is 24.5 Å². The smallest absolute Gasteiger partial charge is 0.223 e. The second-order valence-electron chi connectivity index (χ2n) is 5.19. The Morgan fingerprint density at radius 1 is 1.29 bits per heavy atom. The molecular formula is C16H22N4O. The lowest BCUT2D eigenvalue weighted by Gasteiger charge is -2.12. The number of rotatable bonds is 6. The minimum atomic E-state index is 0.104. The van der Waals surface area contributed by atoms with Crippen molar-refractivity contribution in [3.63, 3.8) is 0 Å². The molecule has 21 heavy (non-hydrogen) atoms. The first kappa shape index (κ1) is 15.2. The molecule has 2 aromatic rings. The zero-order chi connectivity index (χ0) is 15.2. The summed E-state index contributed by atoms with van der Waals surface area (Å²) in [4.78, 5) is 16.3. The van der Waals surface area contributed by atoms with Crippen molar-refractivity contribution in [2.75, 3.05) is 0 Å². The van der Waals surface area contributed by atoms with Gasteiger partial charge in [-0.1, -0.05) is 19.9 Å². The van der Waals surface area contributed by atoms with Crippen molar-refractivity contribution >= 4 is 5.91 Å². The van der Waals surface area contributed by atoms with E-state index in [0.717, 1.165) is 29.7 Å². The first-order valence-corrected chi connectivity index (χ1v) is 7.35. The van der Waals surface area contributed by atoms with Crippen LogP contribution in [-0.4, -0.2) is 20.7 Å². The van der Waals surface area contributed by atoms with Crippen LogP contribution in [0.25, 0.3) is 11.3 Å². The average Bonchev–Trinajstić information content (AvgIpc) is 2.93. The first-order valence-electron chi connectivity index (χ1n) is 7.35. The lowest BCUT2D eigenvalue weighted by atomic mass is 10.0. The molecule has 0 unspecified atom stereocenters. The summed E-state index contributed by atoms with van der Waals surface area (Å²) in [5.41, 5.74) is 2.88. The molecule has 1 N–H and O–H groups in total. The molecule has 0 saturated carbocycles. The Morgan fingerprint density at radius 3 is 2.57 bits per heavy atom. The highest BCUT2D eigenvalue weighted by molar-refractivity contribution is 5.78. The van der Waals surface area contributed by atoms with E-state index in [1.807, 2.05) is 39.2 Å². The van der Waals surface area contributed by atoms with E-state index in [-0.39, 0.29) is 11.8 Å². The molecule has 0 aliphatic carbocycles. The fourth-order valence-electron chi connectivity index (χ4n) is 2.25. The molecule has 0 aliphatic heterocycles. The minimum Gasteiger partial charge on any atom is -0.352 e.